The molecule has 1 rings (SSSR count). The van der Waals surface area contributed by atoms with Crippen LogP contribution in [0.3, 0.4) is 0 Å². The van der Waals surface area contributed by atoms with Crippen LogP contribution < -0.4 is 10.1 Å². The molecule has 0 radical (unpaired) electrons. The van der Waals surface area contributed by atoms with Crippen molar-refractivity contribution < 1.29 is 13.9 Å². The van der Waals surface area contributed by atoms with Gasteiger partial charge in [0.25, 0.3) is 5.91 Å². The number of carbonyl (C=O) groups is 1. The number of rotatable bonds is 7. The Bertz CT molecular complexity index is 449. The molecular weight excluding hydrogens is 259 g/mol. The second-order valence-corrected chi connectivity index (χ2v) is 4.94. The molecule has 20 heavy (non-hydrogen) atoms. The van der Waals surface area contributed by atoms with E-state index in [0.717, 1.165) is 12.8 Å². The van der Waals surface area contributed by atoms with Gasteiger partial charge in [0.2, 0.25) is 0 Å². The van der Waals surface area contributed by atoms with Gasteiger partial charge in [0.1, 0.15) is 0 Å². The van der Waals surface area contributed by atoms with E-state index in [9.17, 15) is 9.18 Å². The first-order chi connectivity index (χ1) is 9.51. The lowest BCUT2D eigenvalue weighted by molar-refractivity contribution is 0.0935. The van der Waals surface area contributed by atoms with Gasteiger partial charge in [-0.15, -0.1) is 0 Å². The van der Waals surface area contributed by atoms with Gasteiger partial charge in [-0.25, -0.2) is 4.39 Å². The first kappa shape index (κ1) is 16.4. The Morgan fingerprint density at radius 2 is 2.15 bits per heavy atom. The van der Waals surface area contributed by atoms with E-state index < -0.39 is 11.7 Å². The molecule has 4 nitrogen and oxygen atoms in total. The summed E-state index contributed by atoms with van der Waals surface area (Å²) in [5.74, 6) is -0.955. The third kappa shape index (κ3) is 4.20. The Balaban J connectivity index is 2.72. The molecule has 0 aliphatic heterocycles. The summed E-state index contributed by atoms with van der Waals surface area (Å²) in [6.45, 7) is 2.59. The molecule has 5 heteroatoms. The van der Waals surface area contributed by atoms with Gasteiger partial charge >= 0.3 is 0 Å². The summed E-state index contributed by atoms with van der Waals surface area (Å²) in [6, 6.07) is 4.80. The lowest BCUT2D eigenvalue weighted by Crippen LogP contribution is -2.40. The number of nitrogens with one attached hydrogen (secondary N) is 1. The van der Waals surface area contributed by atoms with Crippen molar-refractivity contribution in [3.63, 3.8) is 0 Å². The fourth-order valence-electron chi connectivity index (χ4n) is 2.03. The third-order valence-corrected chi connectivity index (χ3v) is 3.28. The smallest absolute Gasteiger partial charge is 0.254 e. The van der Waals surface area contributed by atoms with E-state index >= 15 is 0 Å². The molecule has 0 aromatic heterocycles. The van der Waals surface area contributed by atoms with E-state index in [1.807, 2.05) is 14.1 Å². The van der Waals surface area contributed by atoms with Crippen LogP contribution in [0.25, 0.3) is 0 Å². The second kappa shape index (κ2) is 7.85. The van der Waals surface area contributed by atoms with Crippen LogP contribution in [0.4, 0.5) is 4.39 Å². The molecule has 0 heterocycles. The molecule has 0 saturated heterocycles. The fourth-order valence-corrected chi connectivity index (χ4v) is 2.03. The van der Waals surface area contributed by atoms with Crippen molar-refractivity contribution >= 4 is 5.91 Å². The number of likely N-dealkylation sites (N-methyl/N-ethyl adjacent to an activating group) is 1. The van der Waals surface area contributed by atoms with Crippen LogP contribution >= 0.6 is 0 Å². The number of ether oxygens (including phenoxy) is 1. The SMILES string of the molecule is CCC[C@H](CNC(=O)c1cccc(OC)c1F)N(C)C. The Hall–Kier alpha value is -1.62. The van der Waals surface area contributed by atoms with Crippen molar-refractivity contribution in [3.05, 3.63) is 29.6 Å². The summed E-state index contributed by atoms with van der Waals surface area (Å²) in [6.07, 6.45) is 2.01. The fraction of sp³-hybridized carbons (Fsp3) is 0.533. The van der Waals surface area contributed by atoms with E-state index in [1.165, 1.54) is 19.2 Å². The zero-order chi connectivity index (χ0) is 15.1. The van der Waals surface area contributed by atoms with Crippen LogP contribution in [0.2, 0.25) is 0 Å². The average Bonchev–Trinajstić information content (AvgIpc) is 2.43. The molecule has 1 aromatic carbocycles. The highest BCUT2D eigenvalue weighted by Crippen LogP contribution is 2.19. The number of amides is 1. The predicted molar refractivity (Wildman–Crippen MR) is 77.7 cm³/mol. The van der Waals surface area contributed by atoms with E-state index in [-0.39, 0.29) is 17.4 Å². The maximum atomic E-state index is 14.0. The molecule has 0 unspecified atom stereocenters. The topological polar surface area (TPSA) is 41.6 Å². The van der Waals surface area contributed by atoms with Crippen molar-refractivity contribution in [2.24, 2.45) is 0 Å². The number of methoxy groups -OCH3 is 1. The number of nitrogens with zero attached hydrogens (tertiary/aromatic N) is 1. The molecule has 0 aliphatic rings. The quantitative estimate of drug-likeness (QED) is 0.834. The van der Waals surface area contributed by atoms with Crippen LogP contribution in [0, 0.1) is 5.82 Å². The van der Waals surface area contributed by atoms with Crippen LogP contribution in [-0.4, -0.2) is 44.6 Å². The Kier molecular flexibility index (Phi) is 6.45. The van der Waals surface area contributed by atoms with E-state index in [0.29, 0.717) is 6.54 Å². The minimum absolute atomic E-state index is 0.0124. The molecule has 0 spiro atoms. The molecule has 1 atom stereocenters. The minimum Gasteiger partial charge on any atom is -0.494 e. The molecule has 1 N–H and O–H groups in total. The normalized spacial score (nSPS) is 12.3. The molecule has 1 aromatic rings. The molecule has 1 amide bonds. The predicted octanol–water partition coefficient (Wildman–Crippen LogP) is 2.29. The highest BCUT2D eigenvalue weighted by Gasteiger charge is 2.17. The van der Waals surface area contributed by atoms with Crippen molar-refractivity contribution in [1.82, 2.24) is 10.2 Å². The Morgan fingerprint density at radius 3 is 2.70 bits per heavy atom. The first-order valence-electron chi connectivity index (χ1n) is 6.78. The number of benzene rings is 1. The Labute approximate surface area is 119 Å². The van der Waals surface area contributed by atoms with Crippen LogP contribution in [0.15, 0.2) is 18.2 Å². The number of halogens is 1. The first-order valence-corrected chi connectivity index (χ1v) is 6.78. The third-order valence-electron chi connectivity index (χ3n) is 3.28. The lowest BCUT2D eigenvalue weighted by Gasteiger charge is -2.24. The zero-order valence-electron chi connectivity index (χ0n) is 12.6. The lowest BCUT2D eigenvalue weighted by atomic mass is 10.1. The number of hydrogen-bond acceptors (Lipinski definition) is 3. The van der Waals surface area contributed by atoms with Crippen LogP contribution in [0.5, 0.6) is 5.75 Å². The number of hydrogen-bond donors (Lipinski definition) is 1. The van der Waals surface area contributed by atoms with E-state index in [2.05, 4.69) is 17.1 Å². The average molecular weight is 282 g/mol. The van der Waals surface area contributed by atoms with Gasteiger partial charge in [-0.1, -0.05) is 19.4 Å². The number of carbonyl (C=O) groups excluding carboxylic acids is 1. The van der Waals surface area contributed by atoms with Crippen molar-refractivity contribution in [3.8, 4) is 5.75 Å². The molecular formula is C15H23FN2O2. The summed E-state index contributed by atoms with van der Waals surface area (Å²) in [7, 11) is 5.32. The molecule has 0 bridgehead atoms. The van der Waals surface area contributed by atoms with Crippen LogP contribution in [-0.2, 0) is 0 Å². The van der Waals surface area contributed by atoms with Gasteiger partial charge in [0, 0.05) is 12.6 Å². The van der Waals surface area contributed by atoms with Gasteiger partial charge < -0.3 is 15.0 Å². The summed E-state index contributed by atoms with van der Waals surface area (Å²) in [4.78, 5) is 14.1. The van der Waals surface area contributed by atoms with Crippen LogP contribution in [0.1, 0.15) is 30.1 Å². The second-order valence-electron chi connectivity index (χ2n) is 4.94. The van der Waals surface area contributed by atoms with Gasteiger partial charge in [-0.05, 0) is 32.6 Å². The van der Waals surface area contributed by atoms with E-state index in [1.54, 1.807) is 6.07 Å². The molecule has 112 valence electrons. The Morgan fingerprint density at radius 1 is 1.45 bits per heavy atom. The summed E-state index contributed by atoms with van der Waals surface area (Å²) >= 11 is 0. The standard InChI is InChI=1S/C15H23FN2O2/c1-5-7-11(18(2)3)10-17-15(19)12-8-6-9-13(20-4)14(12)16/h6,8-9,11H,5,7,10H2,1-4H3,(H,17,19)/t11-/m1/s1. The maximum Gasteiger partial charge on any atom is 0.254 e. The summed E-state index contributed by atoms with van der Waals surface area (Å²) < 4.78 is 18.8. The van der Waals surface area contributed by atoms with Gasteiger partial charge in [0.15, 0.2) is 11.6 Å². The van der Waals surface area contributed by atoms with E-state index in [4.69, 9.17) is 4.74 Å². The van der Waals surface area contributed by atoms with Gasteiger partial charge in [-0.3, -0.25) is 4.79 Å². The largest absolute Gasteiger partial charge is 0.494 e. The maximum absolute atomic E-state index is 14.0. The summed E-state index contributed by atoms with van der Waals surface area (Å²) in [5.41, 5.74) is 0.0124. The minimum atomic E-state index is -0.621. The van der Waals surface area contributed by atoms with Crippen molar-refractivity contribution in [1.29, 1.82) is 0 Å². The zero-order valence-corrected chi connectivity index (χ0v) is 12.6. The van der Waals surface area contributed by atoms with Crippen molar-refractivity contribution in [2.45, 2.75) is 25.8 Å². The molecule has 0 saturated carbocycles. The highest BCUT2D eigenvalue weighted by atomic mass is 19.1. The highest BCUT2D eigenvalue weighted by molar-refractivity contribution is 5.94. The molecule has 0 fully saturated rings. The van der Waals surface area contributed by atoms with Gasteiger partial charge in [-0.2, -0.15) is 0 Å². The van der Waals surface area contributed by atoms with Crippen molar-refractivity contribution in [2.75, 3.05) is 27.7 Å². The molecule has 0 aliphatic carbocycles. The monoisotopic (exact) mass is 282 g/mol. The summed E-state index contributed by atoms with van der Waals surface area (Å²) in [5, 5.41) is 2.78. The van der Waals surface area contributed by atoms with Gasteiger partial charge in [0.05, 0.1) is 12.7 Å².